The zero-order chi connectivity index (χ0) is 29.2. The number of nitrogens with zero attached hydrogens (tertiary/aromatic N) is 3. The van der Waals surface area contributed by atoms with Crippen molar-refractivity contribution in [3.8, 4) is 5.75 Å². The average Bonchev–Trinajstić information content (AvgIpc) is 3.61. The highest BCUT2D eigenvalue weighted by Gasteiger charge is 2.37. The average molecular weight is 588 g/mol. The monoisotopic (exact) mass is 587 g/mol. The summed E-state index contributed by atoms with van der Waals surface area (Å²) in [6, 6.07) is 14.7. The molecule has 1 fully saturated rings. The molecule has 0 spiro atoms. The molecule has 0 N–H and O–H groups in total. The fraction of sp³-hybridized carbons (Fsp3) is 0.344. The number of furan rings is 1. The van der Waals surface area contributed by atoms with Crippen LogP contribution in [0.3, 0.4) is 0 Å². The third kappa shape index (κ3) is 5.05. The molecule has 0 saturated carbocycles. The number of methoxy groups -OCH3 is 1. The van der Waals surface area contributed by atoms with Gasteiger partial charge in [-0.05, 0) is 36.2 Å². The molecule has 10 heteroatoms. The highest BCUT2D eigenvalue weighted by Crippen LogP contribution is 2.41. The minimum absolute atomic E-state index is 0.204. The number of morpholine rings is 1. The molecule has 6 rings (SSSR count). The van der Waals surface area contributed by atoms with Crippen LogP contribution in [-0.4, -0.2) is 50.6 Å². The van der Waals surface area contributed by atoms with Crippen molar-refractivity contribution in [3.05, 3.63) is 90.8 Å². The SMILES string of the molecule is CCCC1=C(C(=O)OCC)[C@@H](c2c(OC)ccc3ccccc23)n2c(sc(=Cc3ccc(N4CCOCC4)o3)c2=O)=N1. The number of fused-ring (bicyclic) bond motifs is 2. The molecule has 2 aliphatic heterocycles. The second kappa shape index (κ2) is 12.0. The van der Waals surface area contributed by atoms with Gasteiger partial charge in [-0.25, -0.2) is 9.79 Å². The lowest BCUT2D eigenvalue weighted by Gasteiger charge is -2.28. The number of allylic oxidation sites excluding steroid dienone is 1. The second-order valence-corrected chi connectivity index (χ2v) is 11.1. The van der Waals surface area contributed by atoms with Crippen molar-refractivity contribution in [2.75, 3.05) is 44.9 Å². The van der Waals surface area contributed by atoms with Gasteiger partial charge < -0.3 is 23.5 Å². The van der Waals surface area contributed by atoms with Crippen molar-refractivity contribution < 1.29 is 23.4 Å². The summed E-state index contributed by atoms with van der Waals surface area (Å²) in [5.41, 5.74) is 1.44. The molecule has 1 saturated heterocycles. The summed E-state index contributed by atoms with van der Waals surface area (Å²) < 4.78 is 25.1. The van der Waals surface area contributed by atoms with Crippen molar-refractivity contribution in [2.45, 2.75) is 32.7 Å². The molecular weight excluding hydrogens is 554 g/mol. The fourth-order valence-electron chi connectivity index (χ4n) is 5.63. The van der Waals surface area contributed by atoms with Crippen LogP contribution < -0.4 is 24.5 Å². The number of anilines is 1. The van der Waals surface area contributed by atoms with Gasteiger partial charge in [0.15, 0.2) is 10.7 Å². The molecule has 2 aromatic carbocycles. The summed E-state index contributed by atoms with van der Waals surface area (Å²) in [6.45, 7) is 6.81. The number of carbonyl (C=O) groups is 1. The number of rotatable bonds is 8. The Labute approximate surface area is 246 Å². The summed E-state index contributed by atoms with van der Waals surface area (Å²) in [5.74, 6) is 1.40. The Balaban J connectivity index is 1.58. The molecule has 9 nitrogen and oxygen atoms in total. The Bertz CT molecular complexity index is 1840. The normalized spacial score (nSPS) is 17.4. The number of benzene rings is 2. The molecule has 1 atom stereocenters. The first kappa shape index (κ1) is 28.0. The van der Waals surface area contributed by atoms with Gasteiger partial charge in [0.05, 0.1) is 42.7 Å². The van der Waals surface area contributed by atoms with Crippen LogP contribution in [0.1, 0.15) is 44.1 Å². The number of carbonyl (C=O) groups excluding carboxylic acids is 1. The predicted molar refractivity (Wildman–Crippen MR) is 162 cm³/mol. The fourth-order valence-corrected chi connectivity index (χ4v) is 6.63. The van der Waals surface area contributed by atoms with Crippen LogP contribution in [0.5, 0.6) is 5.75 Å². The van der Waals surface area contributed by atoms with Crippen LogP contribution in [0.2, 0.25) is 0 Å². The van der Waals surface area contributed by atoms with Crippen LogP contribution in [0.4, 0.5) is 5.88 Å². The van der Waals surface area contributed by atoms with Gasteiger partial charge in [0.25, 0.3) is 5.56 Å². The number of esters is 1. The Morgan fingerprint density at radius 2 is 1.93 bits per heavy atom. The molecule has 42 heavy (non-hydrogen) atoms. The Hall–Kier alpha value is -4.15. The minimum atomic E-state index is -0.787. The van der Waals surface area contributed by atoms with Gasteiger partial charge in [0.1, 0.15) is 17.6 Å². The lowest BCUT2D eigenvalue weighted by Crippen LogP contribution is -2.40. The first-order valence-corrected chi connectivity index (χ1v) is 15.1. The van der Waals surface area contributed by atoms with Gasteiger partial charge in [-0.1, -0.05) is 55.0 Å². The lowest BCUT2D eigenvalue weighted by molar-refractivity contribution is -0.139. The molecular formula is C32H33N3O6S. The van der Waals surface area contributed by atoms with E-state index in [2.05, 4.69) is 4.90 Å². The highest BCUT2D eigenvalue weighted by atomic mass is 32.1. The highest BCUT2D eigenvalue weighted by molar-refractivity contribution is 7.07. The first-order valence-electron chi connectivity index (χ1n) is 14.2. The first-order chi connectivity index (χ1) is 20.5. The Morgan fingerprint density at radius 1 is 1.12 bits per heavy atom. The number of ether oxygens (including phenoxy) is 3. The van der Waals surface area contributed by atoms with Crippen molar-refractivity contribution in [3.63, 3.8) is 0 Å². The number of aromatic nitrogens is 1. The third-order valence-electron chi connectivity index (χ3n) is 7.52. The van der Waals surface area contributed by atoms with Crippen molar-refractivity contribution in [1.82, 2.24) is 4.57 Å². The van der Waals surface area contributed by atoms with Gasteiger partial charge in [0, 0.05) is 30.8 Å². The maximum absolute atomic E-state index is 14.2. The molecule has 0 bridgehead atoms. The van der Waals surface area contributed by atoms with Gasteiger partial charge >= 0.3 is 5.97 Å². The van der Waals surface area contributed by atoms with E-state index in [1.807, 2.05) is 55.5 Å². The number of thiazole rings is 1. The van der Waals surface area contributed by atoms with E-state index in [1.165, 1.54) is 11.3 Å². The Kier molecular flexibility index (Phi) is 7.99. The molecule has 0 unspecified atom stereocenters. The van der Waals surface area contributed by atoms with Crippen LogP contribution >= 0.6 is 11.3 Å². The van der Waals surface area contributed by atoms with Gasteiger partial charge in [-0.3, -0.25) is 9.36 Å². The third-order valence-corrected chi connectivity index (χ3v) is 8.51. The zero-order valence-corrected chi connectivity index (χ0v) is 24.7. The summed E-state index contributed by atoms with van der Waals surface area (Å²) >= 11 is 1.28. The van der Waals surface area contributed by atoms with Crippen molar-refractivity contribution >= 4 is 40.0 Å². The van der Waals surface area contributed by atoms with E-state index < -0.39 is 12.0 Å². The summed E-state index contributed by atoms with van der Waals surface area (Å²) in [4.78, 5) is 35.4. The molecule has 0 aliphatic carbocycles. The van der Waals surface area contributed by atoms with E-state index in [0.717, 1.165) is 41.7 Å². The second-order valence-electron chi connectivity index (χ2n) is 10.1. The van der Waals surface area contributed by atoms with Crippen LogP contribution in [0.25, 0.3) is 16.8 Å². The molecule has 4 aromatic rings. The molecule has 218 valence electrons. The topological polar surface area (TPSA) is 95.5 Å². The molecule has 4 heterocycles. The van der Waals surface area contributed by atoms with Gasteiger partial charge in [-0.2, -0.15) is 0 Å². The molecule has 2 aliphatic rings. The number of hydrogen-bond donors (Lipinski definition) is 0. The molecule has 0 amide bonds. The van der Waals surface area contributed by atoms with E-state index in [9.17, 15) is 9.59 Å². The Morgan fingerprint density at radius 3 is 2.69 bits per heavy atom. The number of hydrogen-bond acceptors (Lipinski definition) is 9. The standard InChI is InChI=1S/C32H33N3O6S/c1-4-8-23-28(31(37)40-5-2)29(27-22-10-7-6-9-20(22)11-13-24(27)38-3)35-30(36)25(42-32(35)33-23)19-21-12-14-26(41-21)34-15-17-39-18-16-34/h6-7,9-14,19,29H,4-5,8,15-18H2,1-3H3/t29-/m1/s1. The predicted octanol–water partition coefficient (Wildman–Crippen LogP) is 4.17. The van der Waals surface area contributed by atoms with E-state index in [4.69, 9.17) is 23.6 Å². The van der Waals surface area contributed by atoms with Crippen LogP contribution in [0, 0.1) is 0 Å². The maximum Gasteiger partial charge on any atom is 0.338 e. The van der Waals surface area contributed by atoms with Crippen molar-refractivity contribution in [2.24, 2.45) is 4.99 Å². The van der Waals surface area contributed by atoms with E-state index in [-0.39, 0.29) is 12.2 Å². The van der Waals surface area contributed by atoms with Crippen molar-refractivity contribution in [1.29, 1.82) is 0 Å². The van der Waals surface area contributed by atoms with Crippen LogP contribution in [0.15, 0.2) is 74.0 Å². The van der Waals surface area contributed by atoms with E-state index in [0.29, 0.717) is 51.7 Å². The van der Waals surface area contributed by atoms with Crippen LogP contribution in [-0.2, 0) is 14.3 Å². The van der Waals surface area contributed by atoms with Gasteiger partial charge in [-0.15, -0.1) is 0 Å². The quantitative estimate of drug-likeness (QED) is 0.286. The maximum atomic E-state index is 14.2. The van der Waals surface area contributed by atoms with E-state index >= 15 is 0 Å². The summed E-state index contributed by atoms with van der Waals surface area (Å²) in [6.07, 6.45) is 3.08. The minimum Gasteiger partial charge on any atom is -0.496 e. The zero-order valence-electron chi connectivity index (χ0n) is 23.9. The van der Waals surface area contributed by atoms with Gasteiger partial charge in [0.2, 0.25) is 0 Å². The van der Waals surface area contributed by atoms with E-state index in [1.54, 1.807) is 24.7 Å². The lowest BCUT2D eigenvalue weighted by atomic mass is 9.90. The summed E-state index contributed by atoms with van der Waals surface area (Å²) in [5, 5.41) is 1.86. The molecule has 2 aromatic heterocycles. The summed E-state index contributed by atoms with van der Waals surface area (Å²) in [7, 11) is 1.60. The largest absolute Gasteiger partial charge is 0.496 e. The smallest absolute Gasteiger partial charge is 0.338 e. The molecule has 0 radical (unpaired) electrons.